The van der Waals surface area contributed by atoms with Crippen molar-refractivity contribution < 1.29 is 17.9 Å². The fraction of sp³-hybridized carbons (Fsp3) is 0.367. The first-order valence-corrected chi connectivity index (χ1v) is 14.7. The summed E-state index contributed by atoms with van der Waals surface area (Å²) < 4.78 is 33.9. The summed E-state index contributed by atoms with van der Waals surface area (Å²) in [5, 5.41) is 2.91. The molecule has 1 N–H and O–H groups in total. The normalized spacial score (nSPS) is 14.2. The lowest BCUT2D eigenvalue weighted by Gasteiger charge is -2.26. The molecule has 1 fully saturated rings. The van der Waals surface area contributed by atoms with Crippen LogP contribution in [0.2, 0.25) is 0 Å². The second-order valence-corrected chi connectivity index (χ2v) is 11.5. The van der Waals surface area contributed by atoms with Crippen LogP contribution in [-0.4, -0.2) is 45.5 Å². The fourth-order valence-electron chi connectivity index (χ4n) is 4.63. The number of anilines is 1. The van der Waals surface area contributed by atoms with Gasteiger partial charge >= 0.3 is 0 Å². The molecule has 0 atom stereocenters. The van der Waals surface area contributed by atoms with Crippen molar-refractivity contribution in [2.24, 2.45) is 0 Å². The summed E-state index contributed by atoms with van der Waals surface area (Å²) >= 11 is 0. The molecule has 3 aromatic rings. The van der Waals surface area contributed by atoms with E-state index in [0.717, 1.165) is 35.1 Å². The number of nitrogens with zero attached hydrogens (tertiary/aromatic N) is 2. The van der Waals surface area contributed by atoms with Crippen molar-refractivity contribution in [1.82, 2.24) is 10.2 Å². The Labute approximate surface area is 226 Å². The summed E-state index contributed by atoms with van der Waals surface area (Å²) in [6.07, 6.45) is 3.79. The molecule has 7 nitrogen and oxygen atoms in total. The minimum atomic E-state index is -3.97. The van der Waals surface area contributed by atoms with E-state index in [9.17, 15) is 13.2 Å². The number of hydrogen-bond donors (Lipinski definition) is 1. The van der Waals surface area contributed by atoms with Crippen LogP contribution in [0.5, 0.6) is 5.75 Å². The van der Waals surface area contributed by atoms with Crippen LogP contribution in [0.1, 0.15) is 42.9 Å². The number of piperidine rings is 1. The highest BCUT2D eigenvalue weighted by atomic mass is 32.2. The van der Waals surface area contributed by atoms with E-state index in [4.69, 9.17) is 4.74 Å². The molecule has 0 aromatic heterocycles. The number of carbonyl (C=O) groups excluding carboxylic acids is 1. The molecule has 0 saturated carbocycles. The van der Waals surface area contributed by atoms with Crippen molar-refractivity contribution in [2.75, 3.05) is 30.5 Å². The van der Waals surface area contributed by atoms with Crippen molar-refractivity contribution >= 4 is 21.6 Å². The van der Waals surface area contributed by atoms with E-state index >= 15 is 0 Å². The zero-order chi connectivity index (χ0) is 27.0. The van der Waals surface area contributed by atoms with Crippen LogP contribution in [0.25, 0.3) is 0 Å². The van der Waals surface area contributed by atoms with E-state index in [1.54, 1.807) is 48.5 Å². The van der Waals surface area contributed by atoms with E-state index in [1.807, 2.05) is 26.0 Å². The van der Waals surface area contributed by atoms with Crippen LogP contribution in [0, 0.1) is 6.92 Å². The monoisotopic (exact) mass is 535 g/mol. The Morgan fingerprint density at radius 3 is 2.32 bits per heavy atom. The average molecular weight is 536 g/mol. The number of hydrogen-bond acceptors (Lipinski definition) is 5. The average Bonchev–Trinajstić information content (AvgIpc) is 2.92. The molecule has 0 spiro atoms. The molecule has 1 aliphatic heterocycles. The van der Waals surface area contributed by atoms with Crippen LogP contribution in [-0.2, 0) is 27.9 Å². The highest BCUT2D eigenvalue weighted by Gasteiger charge is 2.27. The lowest BCUT2D eigenvalue weighted by molar-refractivity contribution is -0.119. The molecule has 4 rings (SSSR count). The second-order valence-electron chi connectivity index (χ2n) is 9.69. The zero-order valence-electron chi connectivity index (χ0n) is 22.2. The van der Waals surface area contributed by atoms with E-state index in [1.165, 1.54) is 24.8 Å². The summed E-state index contributed by atoms with van der Waals surface area (Å²) in [5.41, 5.74) is 3.56. The Hall–Kier alpha value is -3.36. The van der Waals surface area contributed by atoms with Gasteiger partial charge in [0.25, 0.3) is 10.0 Å². The Morgan fingerprint density at radius 1 is 0.947 bits per heavy atom. The first kappa shape index (κ1) is 27.7. The van der Waals surface area contributed by atoms with Gasteiger partial charge in [0.05, 0.1) is 17.2 Å². The Balaban J connectivity index is 1.47. The third kappa shape index (κ3) is 7.36. The number of aryl methyl sites for hydroxylation is 1. The van der Waals surface area contributed by atoms with Gasteiger partial charge in [0, 0.05) is 13.1 Å². The van der Waals surface area contributed by atoms with Gasteiger partial charge < -0.3 is 10.1 Å². The number of amides is 1. The van der Waals surface area contributed by atoms with E-state index in [0.29, 0.717) is 24.6 Å². The molecule has 0 radical (unpaired) electrons. The van der Waals surface area contributed by atoms with Gasteiger partial charge in [-0.05, 0) is 87.3 Å². The summed E-state index contributed by atoms with van der Waals surface area (Å²) in [7, 11) is -3.97. The van der Waals surface area contributed by atoms with Crippen LogP contribution < -0.4 is 14.4 Å². The third-order valence-electron chi connectivity index (χ3n) is 6.67. The highest BCUT2D eigenvalue weighted by Crippen LogP contribution is 2.26. The standard InChI is InChI=1S/C30H37N3O4S/c1-3-37-28-14-12-27(13-15-28)33(38(35,36)29-16-10-24(2)11-17-29)23-30(34)31-21-25-8-7-9-26(20-25)22-32-18-5-4-6-19-32/h7-17,20H,3-6,18-19,21-23H2,1-2H3,(H,31,34). The molecule has 1 amide bonds. The number of ether oxygens (including phenoxy) is 1. The smallest absolute Gasteiger partial charge is 0.264 e. The quantitative estimate of drug-likeness (QED) is 0.378. The van der Waals surface area contributed by atoms with E-state index in [-0.39, 0.29) is 17.3 Å². The van der Waals surface area contributed by atoms with Gasteiger partial charge in [-0.15, -0.1) is 0 Å². The van der Waals surface area contributed by atoms with Crippen LogP contribution >= 0.6 is 0 Å². The van der Waals surface area contributed by atoms with Crippen molar-refractivity contribution in [1.29, 1.82) is 0 Å². The maximum Gasteiger partial charge on any atom is 0.264 e. The van der Waals surface area contributed by atoms with Gasteiger partial charge in [-0.1, -0.05) is 48.4 Å². The van der Waals surface area contributed by atoms with Crippen LogP contribution in [0.4, 0.5) is 5.69 Å². The Bertz CT molecular complexity index is 1300. The van der Waals surface area contributed by atoms with Crippen molar-refractivity contribution in [3.05, 3.63) is 89.5 Å². The highest BCUT2D eigenvalue weighted by molar-refractivity contribution is 7.92. The fourth-order valence-corrected chi connectivity index (χ4v) is 6.05. The SMILES string of the molecule is CCOc1ccc(N(CC(=O)NCc2cccc(CN3CCCCC3)c2)S(=O)(=O)c2ccc(C)cc2)cc1. The molecule has 1 saturated heterocycles. The van der Waals surface area contributed by atoms with Gasteiger partial charge in [0.15, 0.2) is 0 Å². The Morgan fingerprint density at radius 2 is 1.63 bits per heavy atom. The lowest BCUT2D eigenvalue weighted by atomic mass is 10.1. The molecular weight excluding hydrogens is 498 g/mol. The maximum atomic E-state index is 13.6. The number of benzene rings is 3. The number of likely N-dealkylation sites (tertiary alicyclic amines) is 1. The molecule has 202 valence electrons. The van der Waals surface area contributed by atoms with Crippen molar-refractivity contribution in [3.8, 4) is 5.75 Å². The molecule has 38 heavy (non-hydrogen) atoms. The van der Waals surface area contributed by atoms with Crippen LogP contribution in [0.15, 0.2) is 77.7 Å². The number of nitrogens with one attached hydrogen (secondary N) is 1. The molecule has 0 unspecified atom stereocenters. The van der Waals surface area contributed by atoms with Gasteiger partial charge in [0.1, 0.15) is 12.3 Å². The third-order valence-corrected chi connectivity index (χ3v) is 8.46. The number of carbonyl (C=O) groups is 1. The molecule has 1 heterocycles. The number of sulfonamides is 1. The van der Waals surface area contributed by atoms with Gasteiger partial charge in [-0.2, -0.15) is 0 Å². The van der Waals surface area contributed by atoms with Crippen LogP contribution in [0.3, 0.4) is 0 Å². The molecule has 0 aliphatic carbocycles. The first-order chi connectivity index (χ1) is 18.3. The summed E-state index contributed by atoms with van der Waals surface area (Å²) in [4.78, 5) is 15.7. The second kappa shape index (κ2) is 12.9. The van der Waals surface area contributed by atoms with Crippen molar-refractivity contribution in [2.45, 2.75) is 51.1 Å². The van der Waals surface area contributed by atoms with E-state index in [2.05, 4.69) is 22.3 Å². The summed E-state index contributed by atoms with van der Waals surface area (Å²) in [6, 6.07) is 21.6. The van der Waals surface area contributed by atoms with Gasteiger partial charge in [0.2, 0.25) is 5.91 Å². The van der Waals surface area contributed by atoms with Crippen molar-refractivity contribution in [3.63, 3.8) is 0 Å². The van der Waals surface area contributed by atoms with Gasteiger partial charge in [-0.25, -0.2) is 8.42 Å². The summed E-state index contributed by atoms with van der Waals surface area (Å²) in [5.74, 6) is 0.258. The molecule has 1 aliphatic rings. The minimum absolute atomic E-state index is 0.134. The first-order valence-electron chi connectivity index (χ1n) is 13.2. The number of rotatable bonds is 11. The lowest BCUT2D eigenvalue weighted by Crippen LogP contribution is -2.40. The van der Waals surface area contributed by atoms with Gasteiger partial charge in [-0.3, -0.25) is 14.0 Å². The zero-order valence-corrected chi connectivity index (χ0v) is 23.0. The minimum Gasteiger partial charge on any atom is -0.494 e. The Kier molecular flexibility index (Phi) is 9.42. The predicted molar refractivity (Wildman–Crippen MR) is 151 cm³/mol. The largest absolute Gasteiger partial charge is 0.494 e. The molecular formula is C30H37N3O4S. The topological polar surface area (TPSA) is 79.0 Å². The molecule has 3 aromatic carbocycles. The van der Waals surface area contributed by atoms with E-state index < -0.39 is 10.0 Å². The maximum absolute atomic E-state index is 13.6. The predicted octanol–water partition coefficient (Wildman–Crippen LogP) is 4.89. The molecule has 8 heteroatoms. The summed E-state index contributed by atoms with van der Waals surface area (Å²) in [6.45, 7) is 7.43. The molecule has 0 bridgehead atoms.